The minimum absolute atomic E-state index is 0.111. The van der Waals surface area contributed by atoms with Crippen LogP contribution in [0.2, 0.25) is 0 Å². The molecular formula is C25H19BrN2O3. The van der Waals surface area contributed by atoms with Crippen molar-refractivity contribution in [2.24, 2.45) is 5.10 Å². The summed E-state index contributed by atoms with van der Waals surface area (Å²) in [7, 11) is 0. The average molecular weight is 475 g/mol. The molecule has 5 nitrogen and oxygen atoms in total. The molecule has 0 aliphatic rings. The molecule has 0 aliphatic carbocycles. The van der Waals surface area contributed by atoms with Crippen LogP contribution in [-0.2, 0) is 6.61 Å². The Hall–Kier alpha value is -3.64. The lowest BCUT2D eigenvalue weighted by Crippen LogP contribution is -2.17. The maximum Gasteiger partial charge on any atom is 0.275 e. The lowest BCUT2D eigenvalue weighted by atomic mass is 10.1. The summed E-state index contributed by atoms with van der Waals surface area (Å²) in [6.07, 6.45) is 1.53. The molecule has 1 amide bonds. The van der Waals surface area contributed by atoms with Crippen LogP contribution >= 0.6 is 15.9 Å². The van der Waals surface area contributed by atoms with E-state index in [9.17, 15) is 9.90 Å². The van der Waals surface area contributed by atoms with Gasteiger partial charge in [0, 0.05) is 4.47 Å². The Balaban J connectivity index is 1.41. The summed E-state index contributed by atoms with van der Waals surface area (Å²) in [4.78, 5) is 12.2. The van der Waals surface area contributed by atoms with Gasteiger partial charge in [0.1, 0.15) is 18.1 Å². The molecule has 154 valence electrons. The van der Waals surface area contributed by atoms with Crippen LogP contribution in [0.25, 0.3) is 10.8 Å². The van der Waals surface area contributed by atoms with Crippen molar-refractivity contribution in [2.45, 2.75) is 6.61 Å². The third-order valence-corrected chi connectivity index (χ3v) is 5.21. The van der Waals surface area contributed by atoms with Crippen LogP contribution < -0.4 is 10.2 Å². The number of carbonyl (C=O) groups is 1. The zero-order valence-corrected chi connectivity index (χ0v) is 18.0. The third-order valence-electron chi connectivity index (χ3n) is 4.72. The highest BCUT2D eigenvalue weighted by Gasteiger charge is 2.10. The molecule has 4 aromatic carbocycles. The number of rotatable bonds is 6. The van der Waals surface area contributed by atoms with Gasteiger partial charge in [0.05, 0.1) is 11.8 Å². The van der Waals surface area contributed by atoms with E-state index in [1.807, 2.05) is 42.5 Å². The molecule has 2 N–H and O–H groups in total. The van der Waals surface area contributed by atoms with Gasteiger partial charge in [-0.2, -0.15) is 5.10 Å². The van der Waals surface area contributed by atoms with Gasteiger partial charge in [0.2, 0.25) is 0 Å². The highest BCUT2D eigenvalue weighted by molar-refractivity contribution is 9.10. The van der Waals surface area contributed by atoms with E-state index in [0.717, 1.165) is 11.1 Å². The van der Waals surface area contributed by atoms with Crippen molar-refractivity contribution in [1.82, 2.24) is 5.43 Å². The van der Waals surface area contributed by atoms with Gasteiger partial charge in [0.25, 0.3) is 5.91 Å². The molecule has 0 atom stereocenters. The first kappa shape index (κ1) is 20.6. The van der Waals surface area contributed by atoms with Crippen LogP contribution in [0, 0.1) is 0 Å². The van der Waals surface area contributed by atoms with E-state index in [1.54, 1.807) is 6.07 Å². The molecule has 4 rings (SSSR count). The molecule has 0 aliphatic heterocycles. The zero-order valence-electron chi connectivity index (χ0n) is 16.5. The number of hydrogen-bond donors (Lipinski definition) is 2. The van der Waals surface area contributed by atoms with Gasteiger partial charge in [-0.15, -0.1) is 0 Å². The molecule has 0 unspecified atom stereocenters. The number of phenols is 1. The summed E-state index contributed by atoms with van der Waals surface area (Å²) in [5.41, 5.74) is 4.44. The van der Waals surface area contributed by atoms with Gasteiger partial charge in [-0.05, 0) is 52.2 Å². The largest absolute Gasteiger partial charge is 0.507 e. The van der Waals surface area contributed by atoms with E-state index in [2.05, 4.69) is 50.7 Å². The van der Waals surface area contributed by atoms with Crippen LogP contribution in [0.4, 0.5) is 0 Å². The fraction of sp³-hybridized carbons (Fsp3) is 0.0400. The highest BCUT2D eigenvalue weighted by atomic mass is 79.9. The predicted octanol–water partition coefficient (Wildman–Crippen LogP) is 5.65. The molecule has 0 bridgehead atoms. The number of aromatic hydroxyl groups is 1. The first-order valence-corrected chi connectivity index (χ1v) is 10.4. The number of nitrogens with one attached hydrogen (secondary N) is 1. The summed E-state index contributed by atoms with van der Waals surface area (Å²) in [6.45, 7) is 0.445. The SMILES string of the molecule is O=C(N/N=C\c1cccc(OCc2cccc3ccccc23)c1)c1cc(Br)ccc1O. The summed E-state index contributed by atoms with van der Waals surface area (Å²) >= 11 is 3.28. The number of carbonyl (C=O) groups excluding carboxylic acids is 1. The number of ether oxygens (including phenoxy) is 1. The standard InChI is InChI=1S/C25H19BrN2O3/c26-20-11-12-24(29)23(14-20)25(30)28-27-15-17-5-3-9-21(13-17)31-16-19-8-4-7-18-6-1-2-10-22(18)19/h1-15,29H,16H2,(H,28,30)/b27-15-. The van der Waals surface area contributed by atoms with Crippen LogP contribution in [0.3, 0.4) is 0 Å². The monoisotopic (exact) mass is 474 g/mol. The molecule has 0 saturated carbocycles. The quantitative estimate of drug-likeness (QED) is 0.280. The van der Waals surface area contributed by atoms with Gasteiger partial charge >= 0.3 is 0 Å². The Morgan fingerprint density at radius 1 is 1.00 bits per heavy atom. The van der Waals surface area contributed by atoms with E-state index >= 15 is 0 Å². The molecule has 0 aromatic heterocycles. The number of nitrogens with zero attached hydrogens (tertiary/aromatic N) is 1. The zero-order chi connectivity index (χ0) is 21.6. The Morgan fingerprint density at radius 2 is 1.81 bits per heavy atom. The normalized spacial score (nSPS) is 11.0. The minimum Gasteiger partial charge on any atom is -0.507 e. The molecular weight excluding hydrogens is 456 g/mol. The van der Waals surface area contributed by atoms with Crippen molar-refractivity contribution in [1.29, 1.82) is 0 Å². The van der Waals surface area contributed by atoms with Crippen LogP contribution in [0.15, 0.2) is 94.5 Å². The van der Waals surface area contributed by atoms with Gasteiger partial charge in [0.15, 0.2) is 0 Å². The van der Waals surface area contributed by atoms with Crippen molar-refractivity contribution in [2.75, 3.05) is 0 Å². The van der Waals surface area contributed by atoms with Gasteiger partial charge in [-0.3, -0.25) is 4.79 Å². The predicted molar refractivity (Wildman–Crippen MR) is 126 cm³/mol. The maximum atomic E-state index is 12.2. The van der Waals surface area contributed by atoms with Crippen LogP contribution in [0.5, 0.6) is 11.5 Å². The average Bonchev–Trinajstić information content (AvgIpc) is 2.79. The lowest BCUT2D eigenvalue weighted by molar-refractivity contribution is 0.0952. The number of hydrogen-bond acceptors (Lipinski definition) is 4. The minimum atomic E-state index is -0.501. The molecule has 4 aromatic rings. The second-order valence-electron chi connectivity index (χ2n) is 6.86. The number of halogens is 1. The lowest BCUT2D eigenvalue weighted by Gasteiger charge is -2.09. The van der Waals surface area contributed by atoms with E-state index in [0.29, 0.717) is 16.8 Å². The van der Waals surface area contributed by atoms with Crippen molar-refractivity contribution in [3.05, 3.63) is 106 Å². The molecule has 0 heterocycles. The third kappa shape index (κ3) is 5.10. The number of amides is 1. The summed E-state index contributed by atoms with van der Waals surface area (Å²) in [5.74, 6) is 0.0889. The Labute approximate surface area is 188 Å². The number of fused-ring (bicyclic) bond motifs is 1. The number of phenolic OH excluding ortho intramolecular Hbond substituents is 1. The molecule has 0 radical (unpaired) electrons. The molecule has 0 spiro atoms. The fourth-order valence-corrected chi connectivity index (χ4v) is 3.54. The summed E-state index contributed by atoms with van der Waals surface area (Å²) in [6, 6.07) is 26.4. The van der Waals surface area contributed by atoms with E-state index < -0.39 is 5.91 Å². The van der Waals surface area contributed by atoms with Gasteiger partial charge < -0.3 is 9.84 Å². The Kier molecular flexibility index (Phi) is 6.29. The second kappa shape index (κ2) is 9.45. The summed E-state index contributed by atoms with van der Waals surface area (Å²) < 4.78 is 6.67. The number of hydrazone groups is 1. The number of benzene rings is 4. The van der Waals surface area contributed by atoms with Crippen molar-refractivity contribution >= 4 is 38.8 Å². The van der Waals surface area contributed by atoms with Crippen molar-refractivity contribution in [3.8, 4) is 11.5 Å². The Morgan fingerprint density at radius 3 is 2.71 bits per heavy atom. The topological polar surface area (TPSA) is 70.9 Å². The second-order valence-corrected chi connectivity index (χ2v) is 7.78. The van der Waals surface area contributed by atoms with Gasteiger partial charge in [-0.1, -0.05) is 70.5 Å². The first-order valence-electron chi connectivity index (χ1n) is 9.61. The molecule has 0 saturated heterocycles. The van der Waals surface area contributed by atoms with Crippen molar-refractivity contribution < 1.29 is 14.6 Å². The summed E-state index contributed by atoms with van der Waals surface area (Å²) in [5, 5.41) is 16.2. The van der Waals surface area contributed by atoms with E-state index in [4.69, 9.17) is 4.74 Å². The fourth-order valence-electron chi connectivity index (χ4n) is 3.18. The maximum absolute atomic E-state index is 12.2. The molecule has 0 fully saturated rings. The van der Waals surface area contributed by atoms with Gasteiger partial charge in [-0.25, -0.2) is 5.43 Å². The smallest absolute Gasteiger partial charge is 0.275 e. The van der Waals surface area contributed by atoms with Crippen LogP contribution in [-0.4, -0.2) is 17.2 Å². The van der Waals surface area contributed by atoms with Crippen LogP contribution in [0.1, 0.15) is 21.5 Å². The first-order chi connectivity index (χ1) is 15.1. The molecule has 31 heavy (non-hydrogen) atoms. The van der Waals surface area contributed by atoms with E-state index in [-0.39, 0.29) is 11.3 Å². The van der Waals surface area contributed by atoms with E-state index in [1.165, 1.54) is 29.1 Å². The Bertz CT molecular complexity index is 1270. The highest BCUT2D eigenvalue weighted by Crippen LogP contribution is 2.22. The van der Waals surface area contributed by atoms with Crippen molar-refractivity contribution in [3.63, 3.8) is 0 Å². The molecule has 6 heteroatoms.